The number of carbonyl (C=O) groups excluding carboxylic acids is 2. The van der Waals surface area contributed by atoms with Crippen LogP contribution in [0.15, 0.2) is 42.5 Å². The first-order chi connectivity index (χ1) is 13.5. The van der Waals surface area contributed by atoms with Crippen molar-refractivity contribution in [3.8, 4) is 5.75 Å². The van der Waals surface area contributed by atoms with Crippen LogP contribution in [0, 0.1) is 6.92 Å². The number of nitrogens with one attached hydrogen (secondary N) is 2. The van der Waals surface area contributed by atoms with Crippen molar-refractivity contribution in [2.75, 3.05) is 29.9 Å². The highest BCUT2D eigenvalue weighted by atomic mass is 35.5. The highest BCUT2D eigenvalue weighted by molar-refractivity contribution is 6.31. The van der Waals surface area contributed by atoms with E-state index >= 15 is 0 Å². The first-order valence-corrected chi connectivity index (χ1v) is 9.70. The summed E-state index contributed by atoms with van der Waals surface area (Å²) in [7, 11) is 0. The fourth-order valence-corrected chi connectivity index (χ4v) is 3.18. The summed E-state index contributed by atoms with van der Waals surface area (Å²) in [5.41, 5.74) is 2.38. The Labute approximate surface area is 169 Å². The number of hydrogen-bond donors (Lipinski definition) is 2. The Morgan fingerprint density at radius 1 is 1.25 bits per heavy atom. The first-order valence-electron chi connectivity index (χ1n) is 9.32. The average molecular weight is 402 g/mol. The predicted molar refractivity (Wildman–Crippen MR) is 111 cm³/mol. The third-order valence-electron chi connectivity index (χ3n) is 4.49. The van der Waals surface area contributed by atoms with E-state index in [0.717, 1.165) is 17.7 Å². The SMILES string of the molecule is CCCNC(=O)[C@H]1CN(CC(=O)Nc2ccc(C)c(Cl)c2)c2ccccc2O1. The number of benzene rings is 2. The van der Waals surface area contributed by atoms with Crippen molar-refractivity contribution in [1.82, 2.24) is 5.32 Å². The van der Waals surface area contributed by atoms with E-state index in [4.69, 9.17) is 16.3 Å². The molecule has 0 aromatic heterocycles. The number of amides is 2. The molecule has 28 heavy (non-hydrogen) atoms. The van der Waals surface area contributed by atoms with Crippen LogP contribution in [0.2, 0.25) is 5.02 Å². The van der Waals surface area contributed by atoms with Crippen LogP contribution in [0.4, 0.5) is 11.4 Å². The number of halogens is 1. The lowest BCUT2D eigenvalue weighted by atomic mass is 10.1. The van der Waals surface area contributed by atoms with Crippen LogP contribution in [0.3, 0.4) is 0 Å². The van der Waals surface area contributed by atoms with Gasteiger partial charge in [-0.3, -0.25) is 9.59 Å². The molecule has 1 heterocycles. The summed E-state index contributed by atoms with van der Waals surface area (Å²) in [6, 6.07) is 12.8. The summed E-state index contributed by atoms with van der Waals surface area (Å²) in [6.07, 6.45) is 0.184. The zero-order valence-electron chi connectivity index (χ0n) is 16.0. The molecule has 1 aliphatic rings. The van der Waals surface area contributed by atoms with Crippen LogP contribution in [-0.4, -0.2) is 37.6 Å². The highest BCUT2D eigenvalue weighted by Gasteiger charge is 2.31. The van der Waals surface area contributed by atoms with Crippen molar-refractivity contribution in [2.45, 2.75) is 26.4 Å². The highest BCUT2D eigenvalue weighted by Crippen LogP contribution is 2.33. The summed E-state index contributed by atoms with van der Waals surface area (Å²) in [6.45, 7) is 4.89. The normalized spacial score (nSPS) is 15.4. The molecule has 2 N–H and O–H groups in total. The number of para-hydroxylation sites is 2. The fraction of sp³-hybridized carbons (Fsp3) is 0.333. The number of nitrogens with zero attached hydrogens (tertiary/aromatic N) is 1. The summed E-state index contributed by atoms with van der Waals surface area (Å²) >= 11 is 6.13. The molecule has 2 amide bonds. The number of aryl methyl sites for hydroxylation is 1. The average Bonchev–Trinajstić information content (AvgIpc) is 2.68. The second-order valence-corrected chi connectivity index (χ2v) is 7.17. The maximum absolute atomic E-state index is 12.6. The van der Waals surface area contributed by atoms with E-state index in [1.807, 2.05) is 49.1 Å². The van der Waals surface area contributed by atoms with E-state index in [9.17, 15) is 9.59 Å². The van der Waals surface area contributed by atoms with Gasteiger partial charge in [-0.05, 0) is 43.2 Å². The molecule has 6 nitrogen and oxygen atoms in total. The quantitative estimate of drug-likeness (QED) is 0.778. The Balaban J connectivity index is 1.72. The van der Waals surface area contributed by atoms with Gasteiger partial charge in [0.15, 0.2) is 6.10 Å². The van der Waals surface area contributed by atoms with Gasteiger partial charge < -0.3 is 20.3 Å². The summed E-state index contributed by atoms with van der Waals surface area (Å²) in [5, 5.41) is 6.31. The maximum Gasteiger partial charge on any atom is 0.262 e. The van der Waals surface area contributed by atoms with Gasteiger partial charge in [0.2, 0.25) is 5.91 Å². The molecule has 2 aromatic rings. The van der Waals surface area contributed by atoms with Crippen LogP contribution >= 0.6 is 11.6 Å². The molecule has 1 aliphatic heterocycles. The largest absolute Gasteiger partial charge is 0.477 e. The Morgan fingerprint density at radius 3 is 2.79 bits per heavy atom. The minimum absolute atomic E-state index is 0.101. The molecular weight excluding hydrogens is 378 g/mol. The molecule has 148 valence electrons. The van der Waals surface area contributed by atoms with Gasteiger partial charge in [0.05, 0.1) is 18.8 Å². The Kier molecular flexibility index (Phi) is 6.41. The van der Waals surface area contributed by atoms with Crippen LogP contribution in [0.1, 0.15) is 18.9 Å². The molecule has 1 atom stereocenters. The molecule has 0 aliphatic carbocycles. The van der Waals surface area contributed by atoms with Crippen molar-refractivity contribution >= 4 is 34.8 Å². The summed E-state index contributed by atoms with van der Waals surface area (Å²) in [4.78, 5) is 26.8. The zero-order valence-corrected chi connectivity index (χ0v) is 16.8. The number of rotatable bonds is 6. The van der Waals surface area contributed by atoms with Gasteiger partial charge >= 0.3 is 0 Å². The van der Waals surface area contributed by atoms with E-state index in [1.165, 1.54) is 0 Å². The minimum Gasteiger partial charge on any atom is -0.477 e. The Hall–Kier alpha value is -2.73. The van der Waals surface area contributed by atoms with E-state index in [0.29, 0.717) is 29.5 Å². The molecule has 0 saturated carbocycles. The van der Waals surface area contributed by atoms with Crippen molar-refractivity contribution in [2.24, 2.45) is 0 Å². The van der Waals surface area contributed by atoms with Gasteiger partial charge in [0.1, 0.15) is 5.75 Å². The second kappa shape index (κ2) is 8.97. The van der Waals surface area contributed by atoms with Crippen molar-refractivity contribution in [3.63, 3.8) is 0 Å². The molecule has 0 unspecified atom stereocenters. The first kappa shape index (κ1) is 20.0. The van der Waals surface area contributed by atoms with Crippen LogP contribution in [-0.2, 0) is 9.59 Å². The van der Waals surface area contributed by atoms with E-state index in [-0.39, 0.29) is 18.4 Å². The van der Waals surface area contributed by atoms with Gasteiger partial charge in [0.25, 0.3) is 5.91 Å². The second-order valence-electron chi connectivity index (χ2n) is 6.76. The van der Waals surface area contributed by atoms with Gasteiger partial charge in [-0.1, -0.05) is 36.7 Å². The zero-order chi connectivity index (χ0) is 20.1. The summed E-state index contributed by atoms with van der Waals surface area (Å²) < 4.78 is 5.85. The van der Waals surface area contributed by atoms with Crippen molar-refractivity contribution in [1.29, 1.82) is 0 Å². The van der Waals surface area contributed by atoms with E-state index in [1.54, 1.807) is 12.1 Å². The van der Waals surface area contributed by atoms with Gasteiger partial charge in [-0.2, -0.15) is 0 Å². The molecule has 0 spiro atoms. The third kappa shape index (κ3) is 4.75. The molecule has 0 bridgehead atoms. The van der Waals surface area contributed by atoms with Crippen molar-refractivity contribution in [3.05, 3.63) is 53.1 Å². The predicted octanol–water partition coefficient (Wildman–Crippen LogP) is 3.38. The monoisotopic (exact) mass is 401 g/mol. The third-order valence-corrected chi connectivity index (χ3v) is 4.90. The van der Waals surface area contributed by atoms with Crippen molar-refractivity contribution < 1.29 is 14.3 Å². The molecule has 3 rings (SSSR count). The standard InChI is InChI=1S/C21H24ClN3O3/c1-3-10-23-21(27)19-12-25(17-6-4-5-7-18(17)28-19)13-20(26)24-15-9-8-14(2)16(22)11-15/h4-9,11,19H,3,10,12-13H2,1-2H3,(H,23,27)(H,24,26)/t19-/m1/s1. The minimum atomic E-state index is -0.664. The maximum atomic E-state index is 12.6. The van der Waals surface area contributed by atoms with Crippen LogP contribution in [0.25, 0.3) is 0 Å². The number of hydrogen-bond acceptors (Lipinski definition) is 4. The fourth-order valence-electron chi connectivity index (χ4n) is 3.00. The number of fused-ring (bicyclic) bond motifs is 1. The van der Waals surface area contributed by atoms with E-state index < -0.39 is 6.10 Å². The molecule has 2 aromatic carbocycles. The molecule has 0 radical (unpaired) electrons. The lowest BCUT2D eigenvalue weighted by Gasteiger charge is -2.35. The Bertz CT molecular complexity index is 872. The Morgan fingerprint density at radius 2 is 2.04 bits per heavy atom. The molecule has 0 fully saturated rings. The summed E-state index contributed by atoms with van der Waals surface area (Å²) in [5.74, 6) is 0.230. The van der Waals surface area contributed by atoms with Crippen LogP contribution < -0.4 is 20.3 Å². The van der Waals surface area contributed by atoms with Gasteiger partial charge in [-0.25, -0.2) is 0 Å². The van der Waals surface area contributed by atoms with Gasteiger partial charge in [-0.15, -0.1) is 0 Å². The van der Waals surface area contributed by atoms with E-state index in [2.05, 4.69) is 10.6 Å². The lowest BCUT2D eigenvalue weighted by Crippen LogP contribution is -2.50. The molecular formula is C21H24ClN3O3. The number of ether oxygens (including phenoxy) is 1. The molecule has 0 saturated heterocycles. The molecule has 7 heteroatoms. The smallest absolute Gasteiger partial charge is 0.262 e. The lowest BCUT2D eigenvalue weighted by molar-refractivity contribution is -0.128. The topological polar surface area (TPSA) is 70.7 Å². The number of carbonyl (C=O) groups is 2. The number of anilines is 2. The van der Waals surface area contributed by atoms with Gasteiger partial charge in [0, 0.05) is 17.3 Å². The van der Waals surface area contributed by atoms with Crippen LogP contribution in [0.5, 0.6) is 5.75 Å².